The molecule has 0 aliphatic carbocycles. The van der Waals surface area contributed by atoms with Crippen molar-refractivity contribution in [2.24, 2.45) is 0 Å². The number of hydrogen-bond donors (Lipinski definition) is 2. The van der Waals surface area contributed by atoms with Crippen molar-refractivity contribution < 1.29 is 13.6 Å². The lowest BCUT2D eigenvalue weighted by molar-refractivity contribution is 0.251. The lowest BCUT2D eigenvalue weighted by atomic mass is 10.2. The topological polar surface area (TPSA) is 54.3 Å². The van der Waals surface area contributed by atoms with Crippen LogP contribution in [0.15, 0.2) is 41.0 Å². The molecule has 0 spiro atoms. The lowest BCUT2D eigenvalue weighted by Gasteiger charge is -2.07. The summed E-state index contributed by atoms with van der Waals surface area (Å²) in [5.41, 5.74) is 0.951. The third-order valence-electron chi connectivity index (χ3n) is 2.43. The molecule has 0 aliphatic heterocycles. The number of amides is 2. The Bertz CT molecular complexity index is 538. The molecule has 0 bridgehead atoms. The summed E-state index contributed by atoms with van der Waals surface area (Å²) < 4.78 is 18.3. The second kappa shape index (κ2) is 5.35. The summed E-state index contributed by atoms with van der Waals surface area (Å²) in [5.74, 6) is 0.305. The fourth-order valence-electron chi connectivity index (χ4n) is 1.43. The number of anilines is 1. The van der Waals surface area contributed by atoms with E-state index in [4.69, 9.17) is 4.42 Å². The van der Waals surface area contributed by atoms with E-state index in [2.05, 4.69) is 10.6 Å². The Balaban J connectivity index is 1.88. The van der Waals surface area contributed by atoms with E-state index in [1.54, 1.807) is 31.2 Å². The maximum Gasteiger partial charge on any atom is 0.319 e. The molecule has 5 heteroatoms. The fraction of sp³-hybridized carbons (Fsp3) is 0.154. The van der Waals surface area contributed by atoms with Crippen molar-refractivity contribution in [3.05, 3.63) is 53.7 Å². The molecule has 2 aromatic rings. The van der Waals surface area contributed by atoms with Crippen LogP contribution in [0, 0.1) is 12.7 Å². The van der Waals surface area contributed by atoms with Crippen molar-refractivity contribution in [2.75, 3.05) is 5.32 Å². The van der Waals surface area contributed by atoms with Gasteiger partial charge in [0.2, 0.25) is 0 Å². The third-order valence-corrected chi connectivity index (χ3v) is 2.43. The third kappa shape index (κ3) is 3.10. The van der Waals surface area contributed by atoms with Crippen LogP contribution in [0.5, 0.6) is 0 Å². The monoisotopic (exact) mass is 248 g/mol. The summed E-state index contributed by atoms with van der Waals surface area (Å²) in [4.78, 5) is 11.5. The van der Waals surface area contributed by atoms with E-state index in [1.165, 1.54) is 12.3 Å². The molecule has 2 rings (SSSR count). The predicted molar refractivity (Wildman–Crippen MR) is 65.7 cm³/mol. The van der Waals surface area contributed by atoms with Crippen LogP contribution in [0.1, 0.15) is 11.3 Å². The summed E-state index contributed by atoms with van der Waals surface area (Å²) in [5, 5.41) is 5.14. The number of rotatable bonds is 3. The summed E-state index contributed by atoms with van der Waals surface area (Å²) >= 11 is 0. The molecule has 0 fully saturated rings. The standard InChI is InChI=1S/C13H13FN2O2/c1-9-4-5-10(7-12(9)14)16-13(17)15-8-11-3-2-6-18-11/h2-7H,8H2,1H3,(H2,15,16,17). The van der Waals surface area contributed by atoms with Crippen molar-refractivity contribution in [1.29, 1.82) is 0 Å². The van der Waals surface area contributed by atoms with Crippen molar-refractivity contribution >= 4 is 11.7 Å². The zero-order valence-electron chi connectivity index (χ0n) is 9.87. The molecule has 18 heavy (non-hydrogen) atoms. The highest BCUT2D eigenvalue weighted by molar-refractivity contribution is 5.89. The molecule has 0 aliphatic rings. The number of halogens is 1. The van der Waals surface area contributed by atoms with Gasteiger partial charge < -0.3 is 15.1 Å². The number of carbonyl (C=O) groups is 1. The number of urea groups is 1. The molecule has 2 amide bonds. The molecular weight excluding hydrogens is 235 g/mol. The van der Waals surface area contributed by atoms with Gasteiger partial charge in [0.1, 0.15) is 11.6 Å². The Kier molecular flexibility index (Phi) is 3.62. The van der Waals surface area contributed by atoms with Gasteiger partial charge in [-0.15, -0.1) is 0 Å². The lowest BCUT2D eigenvalue weighted by Crippen LogP contribution is -2.28. The minimum absolute atomic E-state index is 0.285. The van der Waals surface area contributed by atoms with Crippen LogP contribution in [-0.4, -0.2) is 6.03 Å². The zero-order chi connectivity index (χ0) is 13.0. The molecule has 4 nitrogen and oxygen atoms in total. The van der Waals surface area contributed by atoms with Gasteiger partial charge in [-0.3, -0.25) is 0 Å². The average Bonchev–Trinajstić information content (AvgIpc) is 2.84. The first-order chi connectivity index (χ1) is 8.65. The van der Waals surface area contributed by atoms with E-state index in [-0.39, 0.29) is 12.4 Å². The molecule has 1 aromatic carbocycles. The van der Waals surface area contributed by atoms with Gasteiger partial charge in [-0.05, 0) is 36.8 Å². The van der Waals surface area contributed by atoms with Crippen LogP contribution in [0.2, 0.25) is 0 Å². The van der Waals surface area contributed by atoms with E-state index in [0.29, 0.717) is 17.0 Å². The molecule has 0 saturated carbocycles. The number of nitrogens with one attached hydrogen (secondary N) is 2. The Labute approximate surface area is 104 Å². The van der Waals surface area contributed by atoms with Crippen molar-refractivity contribution in [3.8, 4) is 0 Å². The summed E-state index contributed by atoms with van der Waals surface area (Å²) in [6.07, 6.45) is 1.53. The highest BCUT2D eigenvalue weighted by Gasteiger charge is 2.04. The van der Waals surface area contributed by atoms with Crippen LogP contribution < -0.4 is 10.6 Å². The van der Waals surface area contributed by atoms with Gasteiger partial charge in [-0.2, -0.15) is 0 Å². The van der Waals surface area contributed by atoms with Gasteiger partial charge in [0.25, 0.3) is 0 Å². The molecule has 2 N–H and O–H groups in total. The molecule has 1 heterocycles. The van der Waals surface area contributed by atoms with Crippen LogP contribution >= 0.6 is 0 Å². The smallest absolute Gasteiger partial charge is 0.319 e. The van der Waals surface area contributed by atoms with E-state index in [9.17, 15) is 9.18 Å². The van der Waals surface area contributed by atoms with Gasteiger partial charge in [0.05, 0.1) is 12.8 Å². The van der Waals surface area contributed by atoms with E-state index in [0.717, 1.165) is 0 Å². The maximum atomic E-state index is 13.3. The summed E-state index contributed by atoms with van der Waals surface area (Å²) in [7, 11) is 0. The van der Waals surface area contributed by atoms with Crippen molar-refractivity contribution in [2.45, 2.75) is 13.5 Å². The van der Waals surface area contributed by atoms with Gasteiger partial charge in [-0.1, -0.05) is 6.07 Å². The zero-order valence-corrected chi connectivity index (χ0v) is 9.87. The van der Waals surface area contributed by atoms with Crippen molar-refractivity contribution in [1.82, 2.24) is 5.32 Å². The van der Waals surface area contributed by atoms with Gasteiger partial charge in [0.15, 0.2) is 0 Å². The number of hydrogen-bond acceptors (Lipinski definition) is 2. The SMILES string of the molecule is Cc1ccc(NC(=O)NCc2ccco2)cc1F. The van der Waals surface area contributed by atoms with Gasteiger partial charge >= 0.3 is 6.03 Å². The first kappa shape index (κ1) is 12.2. The van der Waals surface area contributed by atoms with Crippen LogP contribution in [0.3, 0.4) is 0 Å². The molecule has 94 valence electrons. The van der Waals surface area contributed by atoms with Gasteiger partial charge in [0, 0.05) is 5.69 Å². The highest BCUT2D eigenvalue weighted by atomic mass is 19.1. The molecular formula is C13H13FN2O2. The summed E-state index contributed by atoms with van der Waals surface area (Å²) in [6.45, 7) is 1.95. The highest BCUT2D eigenvalue weighted by Crippen LogP contribution is 2.13. The fourth-order valence-corrected chi connectivity index (χ4v) is 1.43. The Morgan fingerprint density at radius 3 is 2.89 bits per heavy atom. The molecule has 0 atom stereocenters. The van der Waals surface area contributed by atoms with Gasteiger partial charge in [-0.25, -0.2) is 9.18 Å². The van der Waals surface area contributed by atoms with E-state index < -0.39 is 6.03 Å². The minimum atomic E-state index is -0.408. The first-order valence-electron chi connectivity index (χ1n) is 5.48. The molecule has 0 saturated heterocycles. The normalized spacial score (nSPS) is 10.1. The Morgan fingerprint density at radius 2 is 2.22 bits per heavy atom. The Hall–Kier alpha value is -2.30. The number of carbonyl (C=O) groups excluding carboxylic acids is 1. The number of benzene rings is 1. The molecule has 1 aromatic heterocycles. The molecule has 0 unspecified atom stereocenters. The average molecular weight is 248 g/mol. The van der Waals surface area contributed by atoms with Crippen LogP contribution in [-0.2, 0) is 6.54 Å². The minimum Gasteiger partial charge on any atom is -0.467 e. The van der Waals surface area contributed by atoms with Crippen LogP contribution in [0.4, 0.5) is 14.9 Å². The largest absolute Gasteiger partial charge is 0.467 e. The number of aryl methyl sites for hydroxylation is 1. The van der Waals surface area contributed by atoms with Crippen LogP contribution in [0.25, 0.3) is 0 Å². The maximum absolute atomic E-state index is 13.3. The Morgan fingerprint density at radius 1 is 1.39 bits per heavy atom. The quantitative estimate of drug-likeness (QED) is 0.877. The van der Waals surface area contributed by atoms with E-state index in [1.807, 2.05) is 0 Å². The second-order valence-electron chi connectivity index (χ2n) is 3.85. The first-order valence-corrected chi connectivity index (χ1v) is 5.48. The second-order valence-corrected chi connectivity index (χ2v) is 3.85. The van der Waals surface area contributed by atoms with Crippen molar-refractivity contribution in [3.63, 3.8) is 0 Å². The van der Waals surface area contributed by atoms with E-state index >= 15 is 0 Å². The molecule has 0 radical (unpaired) electrons. The number of furan rings is 1. The predicted octanol–water partition coefficient (Wildman–Crippen LogP) is 3.05. The summed E-state index contributed by atoms with van der Waals surface area (Å²) in [6, 6.07) is 7.62.